The molecule has 0 aromatic heterocycles. The molecule has 0 aliphatic carbocycles. The molecule has 1 N–H and O–H groups in total. The maximum atomic E-state index is 13.0. The van der Waals surface area contributed by atoms with Crippen molar-refractivity contribution in [3.05, 3.63) is 53.6 Å². The van der Waals surface area contributed by atoms with Gasteiger partial charge in [0.2, 0.25) is 21.8 Å². The van der Waals surface area contributed by atoms with E-state index in [9.17, 15) is 18.0 Å². The van der Waals surface area contributed by atoms with Crippen LogP contribution in [0.1, 0.15) is 17.5 Å². The number of hydrogen-bond acceptors (Lipinski definition) is 5. The Morgan fingerprint density at radius 1 is 1.10 bits per heavy atom. The zero-order chi connectivity index (χ0) is 22.0. The van der Waals surface area contributed by atoms with Crippen LogP contribution in [0.4, 0.5) is 11.4 Å². The monoisotopic (exact) mass is 443 g/mol. The van der Waals surface area contributed by atoms with Crippen LogP contribution >= 0.6 is 0 Å². The minimum atomic E-state index is -3.62. The maximum absolute atomic E-state index is 13.0. The van der Waals surface area contributed by atoms with Crippen LogP contribution in [0.5, 0.6) is 0 Å². The molecule has 8 nitrogen and oxygen atoms in total. The molecule has 164 valence electrons. The first-order valence-electron chi connectivity index (χ1n) is 10.2. The number of amides is 2. The molecule has 2 aromatic rings. The van der Waals surface area contributed by atoms with Gasteiger partial charge in [-0.25, -0.2) is 8.42 Å². The van der Waals surface area contributed by atoms with Crippen molar-refractivity contribution < 1.29 is 22.7 Å². The van der Waals surface area contributed by atoms with Crippen LogP contribution in [-0.2, 0) is 30.8 Å². The van der Waals surface area contributed by atoms with Gasteiger partial charge in [0.05, 0.1) is 18.1 Å². The molecule has 4 rings (SSSR count). The van der Waals surface area contributed by atoms with Gasteiger partial charge in [-0.2, -0.15) is 4.31 Å². The third kappa shape index (κ3) is 4.63. The molecule has 0 atom stereocenters. The first kappa shape index (κ1) is 21.5. The highest BCUT2D eigenvalue weighted by Gasteiger charge is 2.30. The van der Waals surface area contributed by atoms with Crippen molar-refractivity contribution in [2.24, 2.45) is 0 Å². The number of fused-ring (bicyclic) bond motifs is 1. The molecule has 31 heavy (non-hydrogen) atoms. The van der Waals surface area contributed by atoms with Crippen LogP contribution < -0.4 is 10.2 Å². The molecule has 9 heteroatoms. The fraction of sp³-hybridized carbons (Fsp3) is 0.364. The highest BCUT2D eigenvalue weighted by molar-refractivity contribution is 7.89. The molecule has 1 saturated heterocycles. The van der Waals surface area contributed by atoms with Crippen molar-refractivity contribution in [2.75, 3.05) is 43.1 Å². The number of sulfonamides is 1. The summed E-state index contributed by atoms with van der Waals surface area (Å²) < 4.78 is 32.6. The molecule has 0 spiro atoms. The molecule has 0 bridgehead atoms. The molecule has 0 radical (unpaired) electrons. The average molecular weight is 444 g/mol. The van der Waals surface area contributed by atoms with Crippen LogP contribution in [0.25, 0.3) is 0 Å². The number of aryl methyl sites for hydroxylation is 2. The number of nitrogens with zero attached hydrogens (tertiary/aromatic N) is 2. The number of benzene rings is 2. The van der Waals surface area contributed by atoms with Crippen molar-refractivity contribution in [3.63, 3.8) is 0 Å². The summed E-state index contributed by atoms with van der Waals surface area (Å²) >= 11 is 0. The Morgan fingerprint density at radius 3 is 2.61 bits per heavy atom. The van der Waals surface area contributed by atoms with E-state index in [1.165, 1.54) is 15.3 Å². The SMILES string of the molecule is Cc1cccc(NC(=O)CN2C(=O)CCc3cc(S(=O)(=O)N4CCOCC4)ccc32)c1. The van der Waals surface area contributed by atoms with Crippen molar-refractivity contribution in [1.82, 2.24) is 4.31 Å². The van der Waals surface area contributed by atoms with E-state index in [1.54, 1.807) is 18.2 Å². The van der Waals surface area contributed by atoms with Gasteiger partial charge in [-0.05, 0) is 54.8 Å². The molecule has 2 amide bonds. The Hall–Kier alpha value is -2.75. The molecular weight excluding hydrogens is 418 g/mol. The average Bonchev–Trinajstić information content (AvgIpc) is 2.76. The smallest absolute Gasteiger partial charge is 0.244 e. The lowest BCUT2D eigenvalue weighted by molar-refractivity contribution is -0.121. The van der Waals surface area contributed by atoms with Gasteiger partial charge in [0.15, 0.2) is 0 Å². The number of anilines is 2. The lowest BCUT2D eigenvalue weighted by Gasteiger charge is -2.30. The lowest BCUT2D eigenvalue weighted by atomic mass is 10.0. The summed E-state index contributed by atoms with van der Waals surface area (Å²) in [4.78, 5) is 26.7. The number of carbonyl (C=O) groups is 2. The van der Waals surface area contributed by atoms with Gasteiger partial charge >= 0.3 is 0 Å². The van der Waals surface area contributed by atoms with Crippen molar-refractivity contribution >= 4 is 33.2 Å². The number of carbonyl (C=O) groups excluding carboxylic acids is 2. The van der Waals surface area contributed by atoms with Crippen LogP contribution in [0, 0.1) is 6.92 Å². The van der Waals surface area contributed by atoms with E-state index >= 15 is 0 Å². The Morgan fingerprint density at radius 2 is 1.87 bits per heavy atom. The van der Waals surface area contributed by atoms with E-state index in [4.69, 9.17) is 4.74 Å². The summed E-state index contributed by atoms with van der Waals surface area (Å²) in [6, 6.07) is 12.2. The summed E-state index contributed by atoms with van der Waals surface area (Å²) in [6.45, 7) is 3.20. The largest absolute Gasteiger partial charge is 0.379 e. The van der Waals surface area contributed by atoms with Gasteiger partial charge in [0.1, 0.15) is 6.54 Å². The van der Waals surface area contributed by atoms with Gasteiger partial charge < -0.3 is 15.0 Å². The third-order valence-corrected chi connectivity index (χ3v) is 7.36. The minimum absolute atomic E-state index is 0.130. The van der Waals surface area contributed by atoms with Gasteiger partial charge in [-0.1, -0.05) is 12.1 Å². The highest BCUT2D eigenvalue weighted by Crippen LogP contribution is 2.31. The predicted octanol–water partition coefficient (Wildman–Crippen LogP) is 1.93. The fourth-order valence-corrected chi connectivity index (χ4v) is 5.33. The van der Waals surface area contributed by atoms with Crippen LogP contribution in [0.3, 0.4) is 0 Å². The number of rotatable bonds is 5. The summed E-state index contributed by atoms with van der Waals surface area (Å²) in [6.07, 6.45) is 0.669. The molecule has 0 unspecified atom stereocenters. The molecular formula is C22H25N3O5S. The standard InChI is InChI=1S/C22H25N3O5S/c1-16-3-2-4-18(13-16)23-21(26)15-25-20-7-6-19(14-17(20)5-8-22(25)27)31(28,29)24-9-11-30-12-10-24/h2-4,6-7,13-14H,5,8-12,15H2,1H3,(H,23,26). The van der Waals surface area contributed by atoms with Crippen LogP contribution in [0.15, 0.2) is 47.4 Å². The number of hydrogen-bond donors (Lipinski definition) is 1. The molecule has 2 aliphatic rings. The van der Waals surface area contributed by atoms with Gasteiger partial charge in [0.25, 0.3) is 0 Å². The topological polar surface area (TPSA) is 96.0 Å². The summed E-state index contributed by atoms with van der Waals surface area (Å²) in [5, 5.41) is 2.81. The van der Waals surface area contributed by atoms with Gasteiger partial charge in [0, 0.05) is 30.9 Å². The summed E-state index contributed by atoms with van der Waals surface area (Å²) in [5.41, 5.74) is 3.02. The zero-order valence-electron chi connectivity index (χ0n) is 17.3. The Kier molecular flexibility index (Phi) is 6.08. The zero-order valence-corrected chi connectivity index (χ0v) is 18.2. The van der Waals surface area contributed by atoms with E-state index in [0.717, 1.165) is 11.1 Å². The Balaban J connectivity index is 1.54. The quantitative estimate of drug-likeness (QED) is 0.762. The second-order valence-electron chi connectivity index (χ2n) is 7.70. The number of ether oxygens (including phenoxy) is 1. The van der Waals surface area contributed by atoms with E-state index in [1.807, 2.05) is 25.1 Å². The third-order valence-electron chi connectivity index (χ3n) is 5.46. The molecule has 2 heterocycles. The van der Waals surface area contributed by atoms with E-state index in [0.29, 0.717) is 44.1 Å². The Labute approximate surface area is 181 Å². The molecule has 1 fully saturated rings. The van der Waals surface area contributed by atoms with Gasteiger partial charge in [-0.3, -0.25) is 9.59 Å². The first-order valence-corrected chi connectivity index (χ1v) is 11.7. The molecule has 0 saturated carbocycles. The normalized spacial score (nSPS) is 17.3. The van der Waals surface area contributed by atoms with Crippen LogP contribution in [0.2, 0.25) is 0 Å². The van der Waals surface area contributed by atoms with Crippen molar-refractivity contribution in [1.29, 1.82) is 0 Å². The second kappa shape index (κ2) is 8.78. The summed E-state index contributed by atoms with van der Waals surface area (Å²) in [5.74, 6) is -0.465. The van der Waals surface area contributed by atoms with E-state index in [2.05, 4.69) is 5.32 Å². The van der Waals surface area contributed by atoms with E-state index in [-0.39, 0.29) is 29.7 Å². The van der Waals surface area contributed by atoms with E-state index < -0.39 is 10.0 Å². The van der Waals surface area contributed by atoms with Crippen LogP contribution in [-0.4, -0.2) is 57.4 Å². The highest BCUT2D eigenvalue weighted by atomic mass is 32.2. The fourth-order valence-electron chi connectivity index (χ4n) is 3.87. The van der Waals surface area contributed by atoms with Gasteiger partial charge in [-0.15, -0.1) is 0 Å². The van der Waals surface area contributed by atoms with Crippen molar-refractivity contribution in [3.8, 4) is 0 Å². The Bertz CT molecular complexity index is 1110. The number of morpholine rings is 1. The molecule has 2 aliphatic heterocycles. The predicted molar refractivity (Wildman–Crippen MR) is 117 cm³/mol. The maximum Gasteiger partial charge on any atom is 0.244 e. The second-order valence-corrected chi connectivity index (χ2v) is 9.64. The summed E-state index contributed by atoms with van der Waals surface area (Å²) in [7, 11) is -3.62. The number of nitrogens with one attached hydrogen (secondary N) is 1. The van der Waals surface area contributed by atoms with Crippen molar-refractivity contribution in [2.45, 2.75) is 24.7 Å². The molecule has 2 aromatic carbocycles. The first-order chi connectivity index (χ1) is 14.8. The minimum Gasteiger partial charge on any atom is -0.379 e. The lowest BCUT2D eigenvalue weighted by Crippen LogP contribution is -2.42.